The molecule has 2 atom stereocenters. The number of fused-ring (bicyclic) bond motifs is 3. The number of unbranched alkanes of at least 4 members (excludes halogenated alkanes) is 2. The van der Waals surface area contributed by atoms with Gasteiger partial charge in [0.15, 0.2) is 0 Å². The molecule has 0 spiro atoms. The van der Waals surface area contributed by atoms with E-state index in [1.54, 1.807) is 11.1 Å². The fraction of sp³-hybridized carbons (Fsp3) is 0.586. The monoisotopic (exact) mass is 390 g/mol. The van der Waals surface area contributed by atoms with E-state index >= 15 is 0 Å². The van der Waals surface area contributed by atoms with Crippen molar-refractivity contribution < 1.29 is 0 Å². The first-order valence-corrected chi connectivity index (χ1v) is 12.3. The van der Waals surface area contributed by atoms with Gasteiger partial charge in [0, 0.05) is 5.41 Å². The third-order valence-corrected chi connectivity index (χ3v) is 7.67. The Morgan fingerprint density at radius 2 is 1.03 bits per heavy atom. The highest BCUT2D eigenvalue weighted by atomic mass is 14.4. The summed E-state index contributed by atoms with van der Waals surface area (Å²) in [6.07, 6.45) is 13.4. The van der Waals surface area contributed by atoms with Crippen molar-refractivity contribution in [1.29, 1.82) is 0 Å². The van der Waals surface area contributed by atoms with Gasteiger partial charge in [-0.25, -0.2) is 0 Å². The Morgan fingerprint density at radius 1 is 0.621 bits per heavy atom. The van der Waals surface area contributed by atoms with Gasteiger partial charge < -0.3 is 0 Å². The Bertz CT molecular complexity index is 691. The summed E-state index contributed by atoms with van der Waals surface area (Å²) < 4.78 is 0. The Balaban J connectivity index is 1.82. The van der Waals surface area contributed by atoms with Crippen LogP contribution in [-0.4, -0.2) is 0 Å². The van der Waals surface area contributed by atoms with Crippen molar-refractivity contribution >= 4 is 0 Å². The molecule has 0 amide bonds. The van der Waals surface area contributed by atoms with E-state index in [-0.39, 0.29) is 5.41 Å². The van der Waals surface area contributed by atoms with Crippen LogP contribution in [0.3, 0.4) is 0 Å². The lowest BCUT2D eigenvalue weighted by atomic mass is 9.70. The van der Waals surface area contributed by atoms with Gasteiger partial charge in [0.2, 0.25) is 0 Å². The summed E-state index contributed by atoms with van der Waals surface area (Å²) >= 11 is 0. The summed E-state index contributed by atoms with van der Waals surface area (Å²) in [5.74, 6) is 1.73. The molecule has 0 heteroatoms. The van der Waals surface area contributed by atoms with Crippen LogP contribution in [0.4, 0.5) is 0 Å². The van der Waals surface area contributed by atoms with Gasteiger partial charge in [-0.15, -0.1) is 0 Å². The van der Waals surface area contributed by atoms with Crippen molar-refractivity contribution in [2.24, 2.45) is 11.8 Å². The maximum Gasteiger partial charge on any atom is 0.0215 e. The maximum atomic E-state index is 2.43. The Kier molecular flexibility index (Phi) is 7.99. The molecule has 0 heterocycles. The van der Waals surface area contributed by atoms with E-state index in [4.69, 9.17) is 0 Å². The first-order valence-electron chi connectivity index (χ1n) is 12.3. The van der Waals surface area contributed by atoms with Crippen LogP contribution in [0, 0.1) is 11.8 Å². The predicted molar refractivity (Wildman–Crippen MR) is 129 cm³/mol. The van der Waals surface area contributed by atoms with Crippen LogP contribution in [0.15, 0.2) is 48.5 Å². The molecule has 1 aliphatic carbocycles. The molecular weight excluding hydrogens is 348 g/mol. The molecule has 0 saturated heterocycles. The average molecular weight is 391 g/mol. The highest BCUT2D eigenvalue weighted by Gasteiger charge is 2.41. The van der Waals surface area contributed by atoms with E-state index < -0.39 is 0 Å². The molecule has 0 N–H and O–H groups in total. The molecule has 0 saturated carbocycles. The molecule has 3 rings (SSSR count). The second kappa shape index (κ2) is 10.5. The number of rotatable bonds is 12. The van der Waals surface area contributed by atoms with E-state index in [9.17, 15) is 0 Å². The normalized spacial score (nSPS) is 16.3. The lowest BCUT2D eigenvalue weighted by Crippen LogP contribution is -2.25. The molecule has 158 valence electrons. The molecule has 2 aromatic carbocycles. The second-order valence-corrected chi connectivity index (χ2v) is 9.69. The smallest absolute Gasteiger partial charge is 0.0215 e. The summed E-state index contributed by atoms with van der Waals surface area (Å²) in [7, 11) is 0. The van der Waals surface area contributed by atoms with Gasteiger partial charge in [-0.1, -0.05) is 128 Å². The number of benzene rings is 2. The third-order valence-electron chi connectivity index (χ3n) is 7.67. The van der Waals surface area contributed by atoms with Crippen LogP contribution < -0.4 is 0 Å². The Labute approximate surface area is 180 Å². The number of hydrogen-bond acceptors (Lipinski definition) is 0. The van der Waals surface area contributed by atoms with Crippen molar-refractivity contribution in [2.45, 2.75) is 97.3 Å². The predicted octanol–water partition coefficient (Wildman–Crippen LogP) is 9.17. The Morgan fingerprint density at radius 3 is 1.45 bits per heavy atom. The molecule has 0 aliphatic heterocycles. The van der Waals surface area contributed by atoms with E-state index in [0.717, 1.165) is 11.8 Å². The fourth-order valence-electron chi connectivity index (χ4n) is 5.33. The zero-order valence-electron chi connectivity index (χ0n) is 19.3. The SMILES string of the molecule is CC[C@H](C)CCCCC1(CCCC[C@@H](C)CC)c2ccccc2-c2ccccc21. The zero-order valence-corrected chi connectivity index (χ0v) is 19.3. The largest absolute Gasteiger partial charge is 0.0651 e. The average Bonchev–Trinajstić information content (AvgIpc) is 3.04. The van der Waals surface area contributed by atoms with Gasteiger partial charge in [0.1, 0.15) is 0 Å². The molecule has 0 nitrogen and oxygen atoms in total. The first-order chi connectivity index (χ1) is 14.1. The van der Waals surface area contributed by atoms with E-state index in [1.165, 1.54) is 75.3 Å². The quantitative estimate of drug-likeness (QED) is 0.317. The fourth-order valence-corrected chi connectivity index (χ4v) is 5.33. The Hall–Kier alpha value is -1.56. The van der Waals surface area contributed by atoms with Gasteiger partial charge in [-0.2, -0.15) is 0 Å². The zero-order chi connectivity index (χ0) is 20.7. The third kappa shape index (κ3) is 4.96. The van der Waals surface area contributed by atoms with E-state index in [1.807, 2.05) is 0 Å². The molecule has 0 fully saturated rings. The minimum atomic E-state index is 0.234. The molecule has 1 aliphatic rings. The summed E-state index contributed by atoms with van der Waals surface area (Å²) in [5, 5.41) is 0. The first kappa shape index (κ1) is 22.1. The van der Waals surface area contributed by atoms with Gasteiger partial charge in [-0.05, 0) is 46.9 Å². The van der Waals surface area contributed by atoms with Crippen molar-refractivity contribution in [3.63, 3.8) is 0 Å². The lowest BCUT2D eigenvalue weighted by Gasteiger charge is -2.33. The topological polar surface area (TPSA) is 0 Å². The van der Waals surface area contributed by atoms with Gasteiger partial charge in [-0.3, -0.25) is 0 Å². The second-order valence-electron chi connectivity index (χ2n) is 9.69. The van der Waals surface area contributed by atoms with Crippen LogP contribution >= 0.6 is 0 Å². The van der Waals surface area contributed by atoms with Crippen molar-refractivity contribution in [1.82, 2.24) is 0 Å². The molecular formula is C29H42. The summed E-state index contributed by atoms with van der Waals surface area (Å²) in [6.45, 7) is 9.47. The summed E-state index contributed by atoms with van der Waals surface area (Å²) in [6, 6.07) is 18.5. The van der Waals surface area contributed by atoms with Crippen LogP contribution in [0.2, 0.25) is 0 Å². The molecule has 2 aromatic rings. The van der Waals surface area contributed by atoms with Crippen LogP contribution in [0.5, 0.6) is 0 Å². The van der Waals surface area contributed by atoms with E-state index in [0.29, 0.717) is 0 Å². The highest BCUT2D eigenvalue weighted by Crippen LogP contribution is 2.54. The van der Waals surface area contributed by atoms with E-state index in [2.05, 4.69) is 76.2 Å². The lowest BCUT2D eigenvalue weighted by molar-refractivity contribution is 0.378. The van der Waals surface area contributed by atoms with Crippen molar-refractivity contribution in [3.05, 3.63) is 59.7 Å². The van der Waals surface area contributed by atoms with Crippen LogP contribution in [-0.2, 0) is 5.41 Å². The standard InChI is InChI=1S/C29H42/c1-5-23(3)15-11-13-21-29(22-14-12-16-24(4)6-2)27-19-9-7-17-25(27)26-18-8-10-20-28(26)29/h7-10,17-20,23-24H,5-6,11-16,21-22H2,1-4H3/t23-,24-/m0/s1. The number of hydrogen-bond donors (Lipinski definition) is 0. The molecule has 0 unspecified atom stereocenters. The maximum absolute atomic E-state index is 2.43. The van der Waals surface area contributed by atoms with Gasteiger partial charge in [0.05, 0.1) is 0 Å². The molecule has 0 aromatic heterocycles. The minimum absolute atomic E-state index is 0.234. The molecule has 0 bridgehead atoms. The van der Waals surface area contributed by atoms with Gasteiger partial charge in [0.25, 0.3) is 0 Å². The van der Waals surface area contributed by atoms with Crippen molar-refractivity contribution in [3.8, 4) is 11.1 Å². The molecule has 0 radical (unpaired) electrons. The minimum Gasteiger partial charge on any atom is -0.0651 e. The summed E-state index contributed by atoms with van der Waals surface area (Å²) in [5.41, 5.74) is 6.43. The summed E-state index contributed by atoms with van der Waals surface area (Å²) in [4.78, 5) is 0. The molecule has 29 heavy (non-hydrogen) atoms. The van der Waals surface area contributed by atoms with Crippen molar-refractivity contribution in [2.75, 3.05) is 0 Å². The van der Waals surface area contributed by atoms with Gasteiger partial charge >= 0.3 is 0 Å². The van der Waals surface area contributed by atoms with Crippen LogP contribution in [0.25, 0.3) is 11.1 Å². The van der Waals surface area contributed by atoms with Crippen LogP contribution in [0.1, 0.15) is 103 Å². The highest BCUT2D eigenvalue weighted by molar-refractivity contribution is 5.80.